The summed E-state index contributed by atoms with van der Waals surface area (Å²) in [5, 5.41) is 4.16. The highest BCUT2D eigenvalue weighted by Crippen LogP contribution is 2.34. The lowest BCUT2D eigenvalue weighted by Crippen LogP contribution is -2.41. The topological polar surface area (TPSA) is 76.0 Å². The number of amides is 3. The molecule has 1 aromatic heterocycles. The van der Waals surface area contributed by atoms with Crippen LogP contribution >= 0.6 is 11.8 Å². The normalized spacial score (nSPS) is 12.6. The predicted octanol–water partition coefficient (Wildman–Crippen LogP) is 4.04. The van der Waals surface area contributed by atoms with Gasteiger partial charge in [0.25, 0.3) is 0 Å². The molecule has 2 aromatic carbocycles. The molecule has 0 fully saturated rings. The lowest BCUT2D eigenvalue weighted by atomic mass is 10.2. The largest absolute Gasteiger partial charge is 0.416 e. The van der Waals surface area contributed by atoms with Gasteiger partial charge in [0.1, 0.15) is 0 Å². The zero-order valence-electron chi connectivity index (χ0n) is 16.2. The van der Waals surface area contributed by atoms with Crippen molar-refractivity contribution in [1.29, 1.82) is 0 Å². The van der Waals surface area contributed by atoms with Crippen LogP contribution in [0.2, 0.25) is 0 Å². The average molecular weight is 436 g/mol. The number of aromatic nitrogens is 2. The highest BCUT2D eigenvalue weighted by molar-refractivity contribution is 8.00. The standard InChI is InChI=1S/C20H19F3N4O2S/c1-12(17(28)26-18(29)24-2)30-19-25-15-10-14(20(21,22)23)8-9-16(15)27(19)11-13-6-4-3-5-7-13/h3-10,12H,11H2,1-2H3,(H2,24,26,28,29)/t12-/m1/s1. The zero-order valence-corrected chi connectivity index (χ0v) is 17.0. The van der Waals surface area contributed by atoms with Gasteiger partial charge in [-0.1, -0.05) is 42.1 Å². The van der Waals surface area contributed by atoms with Crippen molar-refractivity contribution in [3.63, 3.8) is 0 Å². The van der Waals surface area contributed by atoms with E-state index in [1.165, 1.54) is 13.1 Å². The number of benzene rings is 2. The summed E-state index contributed by atoms with van der Waals surface area (Å²) in [5.74, 6) is -0.534. The predicted molar refractivity (Wildman–Crippen MR) is 108 cm³/mol. The number of rotatable bonds is 5. The first kappa shape index (κ1) is 21.7. The molecule has 0 saturated heterocycles. The van der Waals surface area contributed by atoms with Crippen LogP contribution in [0.1, 0.15) is 18.1 Å². The van der Waals surface area contributed by atoms with Gasteiger partial charge in [0.2, 0.25) is 5.91 Å². The summed E-state index contributed by atoms with van der Waals surface area (Å²) in [6, 6.07) is 12.1. The van der Waals surface area contributed by atoms with E-state index in [4.69, 9.17) is 0 Å². The second kappa shape index (κ2) is 8.78. The Morgan fingerprint density at radius 3 is 2.50 bits per heavy atom. The SMILES string of the molecule is CNC(=O)NC(=O)[C@@H](C)Sc1nc2cc(C(F)(F)F)ccc2n1Cc1ccccc1. The third-order valence-electron chi connectivity index (χ3n) is 4.34. The number of carbonyl (C=O) groups excluding carboxylic acids is 2. The van der Waals surface area contributed by atoms with Crippen molar-refractivity contribution in [2.24, 2.45) is 0 Å². The highest BCUT2D eigenvalue weighted by Gasteiger charge is 2.31. The van der Waals surface area contributed by atoms with Crippen LogP contribution in [-0.2, 0) is 17.5 Å². The number of nitrogens with zero attached hydrogens (tertiary/aromatic N) is 2. The average Bonchev–Trinajstić information content (AvgIpc) is 3.04. The summed E-state index contributed by atoms with van der Waals surface area (Å²) in [5.41, 5.74) is 0.845. The molecule has 3 rings (SSSR count). The number of carbonyl (C=O) groups is 2. The Balaban J connectivity index is 1.99. The van der Waals surface area contributed by atoms with E-state index in [9.17, 15) is 22.8 Å². The third-order valence-corrected chi connectivity index (χ3v) is 5.43. The molecule has 158 valence electrons. The molecule has 30 heavy (non-hydrogen) atoms. The number of imide groups is 1. The summed E-state index contributed by atoms with van der Waals surface area (Å²) < 4.78 is 41.1. The lowest BCUT2D eigenvalue weighted by Gasteiger charge is -2.13. The van der Waals surface area contributed by atoms with Crippen molar-refractivity contribution in [2.75, 3.05) is 7.05 Å². The number of urea groups is 1. The molecule has 1 heterocycles. The minimum atomic E-state index is -4.48. The number of nitrogens with one attached hydrogen (secondary N) is 2. The van der Waals surface area contributed by atoms with E-state index in [-0.39, 0.29) is 5.52 Å². The molecule has 1 atom stereocenters. The van der Waals surface area contributed by atoms with Crippen LogP contribution in [-0.4, -0.2) is 33.8 Å². The molecule has 0 radical (unpaired) electrons. The molecule has 0 spiro atoms. The Morgan fingerprint density at radius 1 is 1.17 bits per heavy atom. The number of thioether (sulfide) groups is 1. The molecule has 10 heteroatoms. The molecule has 2 N–H and O–H groups in total. The van der Waals surface area contributed by atoms with E-state index in [2.05, 4.69) is 15.6 Å². The highest BCUT2D eigenvalue weighted by atomic mass is 32.2. The van der Waals surface area contributed by atoms with Gasteiger partial charge in [-0.25, -0.2) is 9.78 Å². The fourth-order valence-corrected chi connectivity index (χ4v) is 3.70. The maximum absolute atomic E-state index is 13.1. The molecule has 3 aromatic rings. The Morgan fingerprint density at radius 2 is 1.87 bits per heavy atom. The Hall–Kier alpha value is -3.01. The molecule has 0 unspecified atom stereocenters. The van der Waals surface area contributed by atoms with Gasteiger partial charge >= 0.3 is 12.2 Å². The number of hydrogen-bond acceptors (Lipinski definition) is 4. The first-order valence-electron chi connectivity index (χ1n) is 8.99. The van der Waals surface area contributed by atoms with Crippen molar-refractivity contribution < 1.29 is 22.8 Å². The lowest BCUT2D eigenvalue weighted by molar-refractivity contribution is -0.137. The summed E-state index contributed by atoms with van der Waals surface area (Å²) in [7, 11) is 1.39. The van der Waals surface area contributed by atoms with Crippen molar-refractivity contribution >= 4 is 34.7 Å². The zero-order chi connectivity index (χ0) is 21.9. The number of fused-ring (bicyclic) bond motifs is 1. The second-order valence-electron chi connectivity index (χ2n) is 6.50. The quantitative estimate of drug-likeness (QED) is 0.592. The minimum absolute atomic E-state index is 0.183. The van der Waals surface area contributed by atoms with Crippen LogP contribution in [0.5, 0.6) is 0 Å². The molecule has 6 nitrogen and oxygen atoms in total. The molecule has 0 bridgehead atoms. The summed E-state index contributed by atoms with van der Waals surface area (Å²) in [6.45, 7) is 1.96. The maximum atomic E-state index is 13.1. The van der Waals surface area contributed by atoms with Crippen molar-refractivity contribution in [3.8, 4) is 0 Å². The van der Waals surface area contributed by atoms with Gasteiger partial charge in [0, 0.05) is 7.05 Å². The van der Waals surface area contributed by atoms with E-state index in [1.54, 1.807) is 11.5 Å². The van der Waals surface area contributed by atoms with Crippen LogP contribution in [0.25, 0.3) is 11.0 Å². The monoisotopic (exact) mass is 436 g/mol. The van der Waals surface area contributed by atoms with Crippen LogP contribution in [0, 0.1) is 0 Å². The van der Waals surface area contributed by atoms with Gasteiger partial charge in [-0.15, -0.1) is 0 Å². The molecular formula is C20H19F3N4O2S. The second-order valence-corrected chi connectivity index (χ2v) is 7.80. The Labute approximate surface area is 174 Å². The van der Waals surface area contributed by atoms with Crippen LogP contribution in [0.4, 0.5) is 18.0 Å². The van der Waals surface area contributed by atoms with Gasteiger partial charge in [-0.05, 0) is 30.7 Å². The molecule has 0 aliphatic heterocycles. The smallest absolute Gasteiger partial charge is 0.341 e. The summed E-state index contributed by atoms with van der Waals surface area (Å²) >= 11 is 1.07. The fraction of sp³-hybridized carbons (Fsp3) is 0.250. The molecule has 3 amide bonds. The van der Waals surface area contributed by atoms with E-state index in [0.717, 1.165) is 29.5 Å². The number of hydrogen-bond donors (Lipinski definition) is 2. The molecule has 0 aliphatic carbocycles. The van der Waals surface area contributed by atoms with E-state index in [1.807, 2.05) is 30.3 Å². The van der Waals surface area contributed by atoms with Gasteiger partial charge in [-0.2, -0.15) is 13.2 Å². The van der Waals surface area contributed by atoms with E-state index >= 15 is 0 Å². The number of imidazole rings is 1. The maximum Gasteiger partial charge on any atom is 0.416 e. The summed E-state index contributed by atoms with van der Waals surface area (Å²) in [6.07, 6.45) is -4.48. The molecular weight excluding hydrogens is 417 g/mol. The van der Waals surface area contributed by atoms with Gasteiger partial charge in [0.05, 0.1) is 28.4 Å². The molecule has 0 saturated carbocycles. The summed E-state index contributed by atoms with van der Waals surface area (Å²) in [4.78, 5) is 27.9. The fourth-order valence-electron chi connectivity index (χ4n) is 2.78. The van der Waals surface area contributed by atoms with Crippen molar-refractivity contribution in [2.45, 2.75) is 30.1 Å². The molecule has 0 aliphatic rings. The van der Waals surface area contributed by atoms with Crippen LogP contribution < -0.4 is 10.6 Å². The van der Waals surface area contributed by atoms with Crippen molar-refractivity contribution in [1.82, 2.24) is 20.2 Å². The number of halogens is 3. The van der Waals surface area contributed by atoms with Crippen molar-refractivity contribution in [3.05, 3.63) is 59.7 Å². The Kier molecular flexibility index (Phi) is 6.35. The first-order valence-corrected chi connectivity index (χ1v) is 9.87. The minimum Gasteiger partial charge on any atom is -0.341 e. The Bertz CT molecular complexity index is 1070. The van der Waals surface area contributed by atoms with Crippen LogP contribution in [0.3, 0.4) is 0 Å². The van der Waals surface area contributed by atoms with E-state index < -0.39 is 28.9 Å². The van der Waals surface area contributed by atoms with Crippen LogP contribution in [0.15, 0.2) is 53.7 Å². The number of alkyl halides is 3. The van der Waals surface area contributed by atoms with Gasteiger partial charge < -0.3 is 9.88 Å². The third kappa shape index (κ3) is 4.93. The van der Waals surface area contributed by atoms with E-state index in [0.29, 0.717) is 17.2 Å². The van der Waals surface area contributed by atoms with Gasteiger partial charge in [0.15, 0.2) is 5.16 Å². The van der Waals surface area contributed by atoms with Gasteiger partial charge in [-0.3, -0.25) is 10.1 Å². The first-order chi connectivity index (χ1) is 14.2.